The number of carbonyl (C=O) groups is 1. The third kappa shape index (κ3) is 4.82. The van der Waals surface area contributed by atoms with E-state index in [0.29, 0.717) is 0 Å². The molecule has 0 N–H and O–H groups in total. The Bertz CT molecular complexity index is 356. The van der Waals surface area contributed by atoms with Crippen LogP contribution >= 0.6 is 0 Å². The van der Waals surface area contributed by atoms with Gasteiger partial charge in [-0.15, -0.1) is 0 Å². The Kier molecular flexibility index (Phi) is 4.38. The fourth-order valence-electron chi connectivity index (χ4n) is 0.906. The highest BCUT2D eigenvalue weighted by Gasteiger charge is 2.40. The van der Waals surface area contributed by atoms with E-state index in [9.17, 15) is 26.4 Å². The number of rotatable bonds is 4. The van der Waals surface area contributed by atoms with Crippen molar-refractivity contribution < 1.29 is 31.1 Å². The molecule has 0 aliphatic heterocycles. The van der Waals surface area contributed by atoms with E-state index >= 15 is 0 Å². The molecule has 4 nitrogen and oxygen atoms in total. The van der Waals surface area contributed by atoms with Crippen molar-refractivity contribution in [2.45, 2.75) is 38.3 Å². The number of carbonyl (C=O) groups excluding carboxylic acids is 1. The molecule has 0 unspecified atom stereocenters. The lowest BCUT2D eigenvalue weighted by Gasteiger charge is -2.24. The number of sulfone groups is 1. The van der Waals surface area contributed by atoms with Crippen LogP contribution in [0.15, 0.2) is 0 Å². The van der Waals surface area contributed by atoms with Crippen LogP contribution in [-0.4, -0.2) is 31.2 Å². The van der Waals surface area contributed by atoms with Crippen LogP contribution in [0.4, 0.5) is 13.2 Å². The standard InChI is InChI=1S/C8H13F3O4S/c1-6(12)15-7(2,3)16(13,14)5-4-8(9,10)11/h4-5H2,1-3H3. The molecule has 0 heterocycles. The highest BCUT2D eigenvalue weighted by atomic mass is 32.2. The van der Waals surface area contributed by atoms with Crippen molar-refractivity contribution in [3.63, 3.8) is 0 Å². The van der Waals surface area contributed by atoms with Crippen LogP contribution in [0.1, 0.15) is 27.2 Å². The van der Waals surface area contributed by atoms with Gasteiger partial charge in [0.15, 0.2) is 9.84 Å². The topological polar surface area (TPSA) is 60.4 Å². The average molecular weight is 262 g/mol. The number of hydrogen-bond acceptors (Lipinski definition) is 4. The first-order chi connectivity index (χ1) is 6.87. The van der Waals surface area contributed by atoms with E-state index in [1.807, 2.05) is 0 Å². The maximum Gasteiger partial charge on any atom is 0.390 e. The normalized spacial score (nSPS) is 13.6. The molecule has 16 heavy (non-hydrogen) atoms. The molecule has 0 spiro atoms. The van der Waals surface area contributed by atoms with Crippen LogP contribution in [0.2, 0.25) is 0 Å². The quantitative estimate of drug-likeness (QED) is 0.723. The van der Waals surface area contributed by atoms with Crippen molar-refractivity contribution in [1.82, 2.24) is 0 Å². The number of hydrogen-bond donors (Lipinski definition) is 0. The molecule has 0 atom stereocenters. The molecule has 96 valence electrons. The summed E-state index contributed by atoms with van der Waals surface area (Å²) in [5, 5.41) is 0. The molecular formula is C8H13F3O4S. The van der Waals surface area contributed by atoms with Crippen LogP contribution in [0.25, 0.3) is 0 Å². The van der Waals surface area contributed by atoms with Crippen molar-refractivity contribution in [2.24, 2.45) is 0 Å². The first kappa shape index (κ1) is 15.2. The van der Waals surface area contributed by atoms with Gasteiger partial charge in [0, 0.05) is 6.92 Å². The number of esters is 1. The van der Waals surface area contributed by atoms with Crippen LogP contribution < -0.4 is 0 Å². The molecule has 0 aromatic rings. The van der Waals surface area contributed by atoms with Gasteiger partial charge in [-0.3, -0.25) is 4.79 Å². The van der Waals surface area contributed by atoms with E-state index in [1.165, 1.54) is 0 Å². The monoisotopic (exact) mass is 262 g/mol. The number of alkyl halides is 3. The Morgan fingerprint density at radius 3 is 2.00 bits per heavy atom. The SMILES string of the molecule is CC(=O)OC(C)(C)S(=O)(=O)CCC(F)(F)F. The predicted molar refractivity (Wildman–Crippen MR) is 50.3 cm³/mol. The highest BCUT2D eigenvalue weighted by molar-refractivity contribution is 7.92. The minimum atomic E-state index is -4.56. The van der Waals surface area contributed by atoms with Gasteiger partial charge in [-0.1, -0.05) is 0 Å². The molecule has 0 bridgehead atoms. The van der Waals surface area contributed by atoms with Gasteiger partial charge in [0.25, 0.3) is 0 Å². The first-order valence-electron chi connectivity index (χ1n) is 4.36. The summed E-state index contributed by atoms with van der Waals surface area (Å²) < 4.78 is 63.0. The van der Waals surface area contributed by atoms with E-state index in [4.69, 9.17) is 0 Å². The molecule has 0 aromatic carbocycles. The van der Waals surface area contributed by atoms with Gasteiger partial charge in [0.1, 0.15) is 0 Å². The third-order valence-electron chi connectivity index (χ3n) is 1.79. The molecule has 0 aromatic heterocycles. The first-order valence-corrected chi connectivity index (χ1v) is 6.01. The zero-order chi connectivity index (χ0) is 13.2. The summed E-state index contributed by atoms with van der Waals surface area (Å²) in [7, 11) is -4.15. The van der Waals surface area contributed by atoms with Crippen molar-refractivity contribution >= 4 is 15.8 Å². The molecule has 0 radical (unpaired) electrons. The van der Waals surface area contributed by atoms with Crippen LogP contribution in [0.5, 0.6) is 0 Å². The smallest absolute Gasteiger partial charge is 0.390 e. The fourth-order valence-corrected chi connectivity index (χ4v) is 2.14. The summed E-state index contributed by atoms with van der Waals surface area (Å²) in [4.78, 5) is 8.66. The Morgan fingerprint density at radius 1 is 1.25 bits per heavy atom. The Morgan fingerprint density at radius 2 is 1.69 bits per heavy atom. The van der Waals surface area contributed by atoms with Gasteiger partial charge in [-0.25, -0.2) is 8.42 Å². The van der Waals surface area contributed by atoms with E-state index in [0.717, 1.165) is 20.8 Å². The highest BCUT2D eigenvalue weighted by Crippen LogP contribution is 2.25. The summed E-state index contributed by atoms with van der Waals surface area (Å²) in [6.07, 6.45) is -6.01. The van der Waals surface area contributed by atoms with E-state index in [2.05, 4.69) is 4.74 Å². The molecule has 0 aliphatic rings. The maximum absolute atomic E-state index is 11.9. The predicted octanol–water partition coefficient (Wildman–Crippen LogP) is 1.65. The second-order valence-corrected chi connectivity index (χ2v) is 6.30. The van der Waals surface area contributed by atoms with Crippen LogP contribution in [0.3, 0.4) is 0 Å². The lowest BCUT2D eigenvalue weighted by atomic mass is 10.4. The number of halogens is 3. The minimum Gasteiger partial charge on any atom is -0.443 e. The van der Waals surface area contributed by atoms with E-state index < -0.39 is 39.1 Å². The molecule has 8 heteroatoms. The Balaban J connectivity index is 4.73. The van der Waals surface area contributed by atoms with Gasteiger partial charge < -0.3 is 4.74 Å². The van der Waals surface area contributed by atoms with Crippen LogP contribution in [0, 0.1) is 0 Å². The van der Waals surface area contributed by atoms with Gasteiger partial charge in [-0.2, -0.15) is 13.2 Å². The largest absolute Gasteiger partial charge is 0.443 e. The van der Waals surface area contributed by atoms with Gasteiger partial charge in [0.2, 0.25) is 4.93 Å². The molecular weight excluding hydrogens is 249 g/mol. The molecule has 0 rings (SSSR count). The Labute approximate surface area is 91.7 Å². The zero-order valence-electron chi connectivity index (χ0n) is 9.09. The van der Waals surface area contributed by atoms with Crippen molar-refractivity contribution in [3.8, 4) is 0 Å². The summed E-state index contributed by atoms with van der Waals surface area (Å²) in [5.41, 5.74) is 0. The molecule has 0 fully saturated rings. The maximum atomic E-state index is 11.9. The van der Waals surface area contributed by atoms with Gasteiger partial charge in [-0.05, 0) is 13.8 Å². The second kappa shape index (κ2) is 4.60. The molecule has 0 amide bonds. The summed E-state index contributed by atoms with van der Waals surface area (Å²) in [5.74, 6) is -1.96. The van der Waals surface area contributed by atoms with Crippen molar-refractivity contribution in [1.29, 1.82) is 0 Å². The average Bonchev–Trinajstić information content (AvgIpc) is 1.96. The third-order valence-corrected chi connectivity index (χ3v) is 4.12. The second-order valence-electron chi connectivity index (χ2n) is 3.68. The molecule has 0 saturated heterocycles. The lowest BCUT2D eigenvalue weighted by molar-refractivity contribution is -0.147. The van der Waals surface area contributed by atoms with E-state index in [-0.39, 0.29) is 0 Å². The summed E-state index contributed by atoms with van der Waals surface area (Å²) in [6.45, 7) is 3.07. The summed E-state index contributed by atoms with van der Waals surface area (Å²) >= 11 is 0. The van der Waals surface area contributed by atoms with Crippen molar-refractivity contribution in [2.75, 3.05) is 5.75 Å². The summed E-state index contributed by atoms with van der Waals surface area (Å²) in [6, 6.07) is 0. The van der Waals surface area contributed by atoms with Gasteiger partial charge >= 0.3 is 12.1 Å². The number of ether oxygens (including phenoxy) is 1. The zero-order valence-corrected chi connectivity index (χ0v) is 9.91. The van der Waals surface area contributed by atoms with Crippen molar-refractivity contribution in [3.05, 3.63) is 0 Å². The molecule has 0 aliphatic carbocycles. The minimum absolute atomic E-state index is 0.861. The lowest BCUT2D eigenvalue weighted by Crippen LogP contribution is -2.39. The fraction of sp³-hybridized carbons (Fsp3) is 0.875. The van der Waals surface area contributed by atoms with E-state index in [1.54, 1.807) is 0 Å². The Hall–Kier alpha value is -0.790. The molecule has 0 saturated carbocycles. The van der Waals surface area contributed by atoms with Crippen LogP contribution in [-0.2, 0) is 19.4 Å². The van der Waals surface area contributed by atoms with Gasteiger partial charge in [0.05, 0.1) is 12.2 Å².